The second kappa shape index (κ2) is 4.76. The summed E-state index contributed by atoms with van der Waals surface area (Å²) in [4.78, 5) is 14.2. The molecule has 0 radical (unpaired) electrons. The second-order valence-corrected chi connectivity index (χ2v) is 6.23. The number of nitrogens with one attached hydrogen (secondary N) is 1. The van der Waals surface area contributed by atoms with Gasteiger partial charge in [-0.05, 0) is 23.6 Å². The van der Waals surface area contributed by atoms with E-state index in [0.29, 0.717) is 0 Å². The minimum absolute atomic E-state index is 0.0198. The van der Waals surface area contributed by atoms with Crippen LogP contribution in [0.4, 0.5) is 5.69 Å². The van der Waals surface area contributed by atoms with Gasteiger partial charge in [-0.15, -0.1) is 23.1 Å². The highest BCUT2D eigenvalue weighted by molar-refractivity contribution is 8.00. The lowest BCUT2D eigenvalue weighted by Gasteiger charge is -2.17. The zero-order valence-corrected chi connectivity index (χ0v) is 11.1. The van der Waals surface area contributed by atoms with E-state index in [0.717, 1.165) is 15.5 Å². The fraction of sp³-hybridized carbons (Fsp3) is 0.154. The summed E-state index contributed by atoms with van der Waals surface area (Å²) in [5, 5.41) is 4.88. The van der Waals surface area contributed by atoms with Crippen LogP contribution in [0.1, 0.15) is 10.1 Å². The van der Waals surface area contributed by atoms with Gasteiger partial charge in [0.25, 0.3) is 0 Å². The summed E-state index contributed by atoms with van der Waals surface area (Å²) in [5.41, 5.74) is 6.92. The van der Waals surface area contributed by atoms with Crippen molar-refractivity contribution in [3.63, 3.8) is 0 Å². The van der Waals surface area contributed by atoms with Gasteiger partial charge < -0.3 is 11.1 Å². The van der Waals surface area contributed by atoms with Crippen LogP contribution in [-0.4, -0.2) is 11.9 Å². The Labute approximate surface area is 113 Å². The largest absolute Gasteiger partial charge is 0.324 e. The summed E-state index contributed by atoms with van der Waals surface area (Å²) in [6.45, 7) is 0. The van der Waals surface area contributed by atoms with E-state index in [1.165, 1.54) is 0 Å². The molecule has 0 saturated carbocycles. The van der Waals surface area contributed by atoms with Crippen molar-refractivity contribution in [2.24, 2.45) is 5.73 Å². The molecule has 5 heteroatoms. The number of nitrogens with two attached hydrogens (primary N) is 1. The second-order valence-electron chi connectivity index (χ2n) is 4.07. The van der Waals surface area contributed by atoms with Gasteiger partial charge in [0.1, 0.15) is 6.04 Å². The molecule has 3 rings (SSSR count). The van der Waals surface area contributed by atoms with Crippen LogP contribution >= 0.6 is 23.1 Å². The zero-order valence-electron chi connectivity index (χ0n) is 9.50. The molecule has 0 bridgehead atoms. The van der Waals surface area contributed by atoms with Gasteiger partial charge in [0, 0.05) is 9.77 Å². The molecule has 1 aromatic carbocycles. The molecular weight excluding hydrogens is 264 g/mol. The lowest BCUT2D eigenvalue weighted by Crippen LogP contribution is -2.38. The summed E-state index contributed by atoms with van der Waals surface area (Å²) in [6.07, 6.45) is 0. The Morgan fingerprint density at radius 2 is 2.00 bits per heavy atom. The standard InChI is InChI=1S/C13H12N2OS2/c14-11-12(10-6-3-7-17-10)18-9-5-2-1-4-8(9)15-13(11)16/h1-7,11-12H,14H2,(H,15,16)/t11-,12-/m1/s1. The average Bonchev–Trinajstić information content (AvgIpc) is 2.86. The van der Waals surface area contributed by atoms with E-state index in [1.54, 1.807) is 23.1 Å². The van der Waals surface area contributed by atoms with Gasteiger partial charge in [0.15, 0.2) is 0 Å². The van der Waals surface area contributed by atoms with Crippen molar-refractivity contribution < 1.29 is 4.79 Å². The first-order chi connectivity index (χ1) is 8.75. The maximum absolute atomic E-state index is 12.0. The molecule has 0 aliphatic carbocycles. The van der Waals surface area contributed by atoms with Gasteiger partial charge in [0.2, 0.25) is 5.91 Å². The highest BCUT2D eigenvalue weighted by atomic mass is 32.2. The Morgan fingerprint density at radius 3 is 2.78 bits per heavy atom. The number of carbonyl (C=O) groups excluding carboxylic acids is 1. The Bertz CT molecular complexity index is 568. The van der Waals surface area contributed by atoms with E-state index >= 15 is 0 Å². The van der Waals surface area contributed by atoms with Crippen LogP contribution in [0.2, 0.25) is 0 Å². The molecule has 0 saturated heterocycles. The van der Waals surface area contributed by atoms with Gasteiger partial charge in [-0.3, -0.25) is 4.79 Å². The first-order valence-corrected chi connectivity index (χ1v) is 7.37. The van der Waals surface area contributed by atoms with Crippen LogP contribution in [0.3, 0.4) is 0 Å². The highest BCUT2D eigenvalue weighted by Crippen LogP contribution is 2.44. The first-order valence-electron chi connectivity index (χ1n) is 5.61. The van der Waals surface area contributed by atoms with Crippen LogP contribution in [0.15, 0.2) is 46.7 Å². The van der Waals surface area contributed by atoms with Gasteiger partial charge in [-0.2, -0.15) is 0 Å². The SMILES string of the molecule is N[C@H]1C(=O)Nc2ccccc2S[C@@H]1c1cccs1. The Balaban J connectivity index is 2.03. The summed E-state index contributed by atoms with van der Waals surface area (Å²) >= 11 is 3.29. The molecule has 0 unspecified atom stereocenters. The van der Waals surface area contributed by atoms with Crippen molar-refractivity contribution in [3.05, 3.63) is 46.7 Å². The summed E-state index contributed by atoms with van der Waals surface area (Å²) in [7, 11) is 0. The van der Waals surface area contributed by atoms with Crippen LogP contribution in [0.25, 0.3) is 0 Å². The van der Waals surface area contributed by atoms with Crippen molar-refractivity contribution in [2.75, 3.05) is 5.32 Å². The number of anilines is 1. The number of fused-ring (bicyclic) bond motifs is 1. The van der Waals surface area contributed by atoms with Crippen molar-refractivity contribution in [1.82, 2.24) is 0 Å². The number of hydrogen-bond donors (Lipinski definition) is 2. The molecule has 0 fully saturated rings. The fourth-order valence-electron chi connectivity index (χ4n) is 1.92. The quantitative estimate of drug-likeness (QED) is 0.842. The van der Waals surface area contributed by atoms with Gasteiger partial charge in [0.05, 0.1) is 10.9 Å². The topological polar surface area (TPSA) is 55.1 Å². The van der Waals surface area contributed by atoms with E-state index in [-0.39, 0.29) is 11.2 Å². The lowest BCUT2D eigenvalue weighted by molar-refractivity contribution is -0.117. The maximum Gasteiger partial charge on any atom is 0.242 e. The molecule has 3 nitrogen and oxygen atoms in total. The number of thioether (sulfide) groups is 1. The molecule has 3 N–H and O–H groups in total. The van der Waals surface area contributed by atoms with Gasteiger partial charge in [-0.1, -0.05) is 18.2 Å². The summed E-state index contributed by atoms with van der Waals surface area (Å²) in [5.74, 6) is -0.120. The lowest BCUT2D eigenvalue weighted by atomic mass is 10.1. The summed E-state index contributed by atoms with van der Waals surface area (Å²) in [6, 6.07) is 11.3. The van der Waals surface area contributed by atoms with E-state index in [9.17, 15) is 4.79 Å². The Hall–Kier alpha value is -1.30. The normalized spacial score (nSPS) is 23.1. The molecule has 2 atom stereocenters. The van der Waals surface area contributed by atoms with Gasteiger partial charge in [-0.25, -0.2) is 0 Å². The molecule has 1 aliphatic rings. The van der Waals surface area contributed by atoms with E-state index in [1.807, 2.05) is 41.8 Å². The monoisotopic (exact) mass is 276 g/mol. The Kier molecular flexibility index (Phi) is 3.11. The average molecular weight is 276 g/mol. The third-order valence-electron chi connectivity index (χ3n) is 2.85. The highest BCUT2D eigenvalue weighted by Gasteiger charge is 2.31. The minimum atomic E-state index is -0.527. The number of para-hydroxylation sites is 1. The van der Waals surface area contributed by atoms with Crippen molar-refractivity contribution in [3.8, 4) is 0 Å². The molecule has 1 amide bonds. The molecule has 1 aromatic heterocycles. The molecule has 2 aromatic rings. The van der Waals surface area contributed by atoms with E-state index in [4.69, 9.17) is 5.73 Å². The zero-order chi connectivity index (χ0) is 12.5. The number of benzene rings is 1. The van der Waals surface area contributed by atoms with E-state index in [2.05, 4.69) is 5.32 Å². The predicted octanol–water partition coefficient (Wildman–Crippen LogP) is 2.86. The Morgan fingerprint density at radius 1 is 1.17 bits per heavy atom. The number of hydrogen-bond acceptors (Lipinski definition) is 4. The number of carbonyl (C=O) groups is 1. The molecule has 2 heterocycles. The number of thiophene rings is 1. The number of amides is 1. The fourth-order valence-corrected chi connectivity index (χ4v) is 4.13. The smallest absolute Gasteiger partial charge is 0.242 e. The van der Waals surface area contributed by atoms with E-state index < -0.39 is 6.04 Å². The van der Waals surface area contributed by atoms with Crippen LogP contribution < -0.4 is 11.1 Å². The third-order valence-corrected chi connectivity index (χ3v) is 5.37. The van der Waals surface area contributed by atoms with Crippen molar-refractivity contribution in [2.45, 2.75) is 16.2 Å². The summed E-state index contributed by atoms with van der Waals surface area (Å²) < 4.78 is 0. The maximum atomic E-state index is 12.0. The predicted molar refractivity (Wildman–Crippen MR) is 76.0 cm³/mol. The molecule has 1 aliphatic heterocycles. The van der Waals surface area contributed by atoms with Crippen molar-refractivity contribution in [1.29, 1.82) is 0 Å². The van der Waals surface area contributed by atoms with Crippen LogP contribution in [0.5, 0.6) is 0 Å². The molecule has 0 spiro atoms. The molecule has 92 valence electrons. The first kappa shape index (κ1) is 11.8. The van der Waals surface area contributed by atoms with Crippen molar-refractivity contribution >= 4 is 34.7 Å². The number of rotatable bonds is 1. The van der Waals surface area contributed by atoms with Crippen LogP contribution in [-0.2, 0) is 4.79 Å². The molecule has 18 heavy (non-hydrogen) atoms. The minimum Gasteiger partial charge on any atom is -0.324 e. The molecular formula is C13H12N2OS2. The van der Waals surface area contributed by atoms with Gasteiger partial charge >= 0.3 is 0 Å². The van der Waals surface area contributed by atoms with Crippen LogP contribution in [0, 0.1) is 0 Å². The third kappa shape index (κ3) is 2.05.